The van der Waals surface area contributed by atoms with Crippen LogP contribution in [0.25, 0.3) is 5.57 Å². The molecule has 31 heavy (non-hydrogen) atoms. The zero-order valence-electron chi connectivity index (χ0n) is 18.4. The summed E-state index contributed by atoms with van der Waals surface area (Å²) >= 11 is 0. The van der Waals surface area contributed by atoms with Crippen molar-refractivity contribution in [3.63, 3.8) is 0 Å². The van der Waals surface area contributed by atoms with E-state index in [-0.39, 0.29) is 17.1 Å². The highest BCUT2D eigenvalue weighted by Gasteiger charge is 2.47. The zero-order valence-corrected chi connectivity index (χ0v) is 19.6. The van der Waals surface area contributed by atoms with Gasteiger partial charge in [0, 0.05) is 8.80 Å². The number of benzene rings is 1. The molecule has 1 aliphatic heterocycles. The highest BCUT2D eigenvalue weighted by Crippen LogP contribution is 2.48. The van der Waals surface area contributed by atoms with Crippen LogP contribution in [0.5, 0.6) is 0 Å². The first-order valence-electron chi connectivity index (χ1n) is 12.1. The molecular formula is C26H34F4Si. The highest BCUT2D eigenvalue weighted by molar-refractivity contribution is 6.58. The van der Waals surface area contributed by atoms with Crippen LogP contribution in [0.3, 0.4) is 0 Å². The Kier molecular flexibility index (Phi) is 7.09. The number of alkyl halides is 2. The fourth-order valence-electron chi connectivity index (χ4n) is 6.34. The van der Waals surface area contributed by atoms with Crippen molar-refractivity contribution in [3.8, 4) is 0 Å². The van der Waals surface area contributed by atoms with Crippen LogP contribution in [0, 0.1) is 29.4 Å². The summed E-state index contributed by atoms with van der Waals surface area (Å²) in [5.74, 6) is -0.459. The molecule has 0 bridgehead atoms. The van der Waals surface area contributed by atoms with Gasteiger partial charge < -0.3 is 0 Å². The predicted molar refractivity (Wildman–Crippen MR) is 122 cm³/mol. The molecule has 2 atom stereocenters. The van der Waals surface area contributed by atoms with Gasteiger partial charge in [-0.3, -0.25) is 0 Å². The van der Waals surface area contributed by atoms with Gasteiger partial charge in [-0.25, -0.2) is 17.6 Å². The van der Waals surface area contributed by atoms with Gasteiger partial charge in [-0.05, 0) is 73.3 Å². The molecule has 1 heterocycles. The molecule has 0 amide bonds. The molecular weight excluding hydrogens is 416 g/mol. The summed E-state index contributed by atoms with van der Waals surface area (Å²) in [7, 11) is -0.492. The van der Waals surface area contributed by atoms with Crippen LogP contribution in [0.15, 0.2) is 36.4 Å². The van der Waals surface area contributed by atoms with Crippen molar-refractivity contribution in [2.45, 2.75) is 81.8 Å². The van der Waals surface area contributed by atoms with Crippen molar-refractivity contribution in [1.82, 2.24) is 0 Å². The third-order valence-corrected chi connectivity index (χ3v) is 11.9. The summed E-state index contributed by atoms with van der Waals surface area (Å²) in [5, 5.41) is 0. The minimum Gasteiger partial charge on any atom is -0.239 e. The van der Waals surface area contributed by atoms with Crippen molar-refractivity contribution >= 4 is 14.4 Å². The fraction of sp³-hybridized carbons (Fsp3) is 0.615. The molecule has 0 spiro atoms. The smallest absolute Gasteiger partial charge is 0.166 e. The number of hydrogen-bond donors (Lipinski definition) is 0. The van der Waals surface area contributed by atoms with Gasteiger partial charge in [-0.2, -0.15) is 0 Å². The quantitative estimate of drug-likeness (QED) is 0.317. The molecule has 170 valence electrons. The molecule has 2 unspecified atom stereocenters. The summed E-state index contributed by atoms with van der Waals surface area (Å²) in [6.07, 6.45) is 9.11. The van der Waals surface area contributed by atoms with Crippen LogP contribution in [-0.4, -0.2) is 20.6 Å². The zero-order chi connectivity index (χ0) is 22.0. The molecule has 0 aromatic heterocycles. The Labute approximate surface area is 185 Å². The molecule has 1 aromatic rings. The second kappa shape index (κ2) is 9.64. The molecule has 0 radical (unpaired) electrons. The third kappa shape index (κ3) is 4.72. The van der Waals surface area contributed by atoms with Gasteiger partial charge in [0.15, 0.2) is 11.8 Å². The van der Waals surface area contributed by atoms with Gasteiger partial charge >= 0.3 is 0 Å². The Bertz CT molecular complexity index is 798. The normalized spacial score (nSPS) is 36.3. The molecule has 1 saturated heterocycles. The van der Waals surface area contributed by atoms with Crippen LogP contribution < -0.4 is 0 Å². The standard InChI is InChI=1S/C26H34F4Si/c1-2-14-31-15-11-19(12-16-31)18-6-8-21(9-7-18)26(30)13-10-20(17-24(26)29)25-22(27)4-3-5-23(25)28/h3-5,10,13,17-19,21,24,31H,2,6-9,11-12,14-16H2,1H3. The molecule has 5 heteroatoms. The summed E-state index contributed by atoms with van der Waals surface area (Å²) in [6.45, 7) is 2.29. The molecule has 1 aromatic carbocycles. The van der Waals surface area contributed by atoms with Crippen LogP contribution in [0.1, 0.15) is 57.4 Å². The molecule has 4 rings (SSSR count). The second-order valence-corrected chi connectivity index (χ2v) is 13.4. The van der Waals surface area contributed by atoms with E-state index in [2.05, 4.69) is 6.92 Å². The van der Waals surface area contributed by atoms with Gasteiger partial charge in [-0.1, -0.05) is 56.5 Å². The highest BCUT2D eigenvalue weighted by atomic mass is 28.3. The van der Waals surface area contributed by atoms with Gasteiger partial charge in [-0.15, -0.1) is 0 Å². The lowest BCUT2D eigenvalue weighted by Gasteiger charge is -2.42. The number of rotatable bonds is 5. The van der Waals surface area contributed by atoms with E-state index in [0.29, 0.717) is 18.8 Å². The summed E-state index contributed by atoms with van der Waals surface area (Å²) in [4.78, 5) is 0. The Hall–Kier alpha value is -1.36. The summed E-state index contributed by atoms with van der Waals surface area (Å²) < 4.78 is 58.9. The third-order valence-electron chi connectivity index (χ3n) is 8.17. The number of allylic oxidation sites excluding steroid dienone is 4. The lowest BCUT2D eigenvalue weighted by atomic mass is 9.67. The number of hydrogen-bond acceptors (Lipinski definition) is 0. The Balaban J connectivity index is 1.37. The van der Waals surface area contributed by atoms with E-state index in [1.165, 1.54) is 55.6 Å². The maximum Gasteiger partial charge on any atom is 0.166 e. The monoisotopic (exact) mass is 450 g/mol. The minimum atomic E-state index is -2.08. The van der Waals surface area contributed by atoms with Gasteiger partial charge in [0.25, 0.3) is 0 Å². The average molecular weight is 451 g/mol. The Morgan fingerprint density at radius 1 is 0.968 bits per heavy atom. The minimum absolute atomic E-state index is 0.0815. The van der Waals surface area contributed by atoms with E-state index < -0.39 is 32.3 Å². The van der Waals surface area contributed by atoms with Crippen molar-refractivity contribution < 1.29 is 17.6 Å². The molecule has 2 fully saturated rings. The molecule has 0 N–H and O–H groups in total. The maximum atomic E-state index is 15.8. The summed E-state index contributed by atoms with van der Waals surface area (Å²) in [5.41, 5.74) is -2.28. The fourth-order valence-corrected chi connectivity index (χ4v) is 9.82. The van der Waals surface area contributed by atoms with E-state index in [1.54, 1.807) is 0 Å². The first-order valence-corrected chi connectivity index (χ1v) is 14.6. The molecule has 0 nitrogen and oxygen atoms in total. The first-order chi connectivity index (χ1) is 14.9. The van der Waals surface area contributed by atoms with Gasteiger partial charge in [0.05, 0.1) is 5.56 Å². The van der Waals surface area contributed by atoms with Crippen LogP contribution in [-0.2, 0) is 0 Å². The van der Waals surface area contributed by atoms with Crippen LogP contribution in [0.4, 0.5) is 17.6 Å². The van der Waals surface area contributed by atoms with E-state index >= 15 is 8.78 Å². The maximum absolute atomic E-state index is 15.8. The Morgan fingerprint density at radius 2 is 1.58 bits per heavy atom. The second-order valence-electron chi connectivity index (χ2n) is 9.96. The number of halogens is 4. The van der Waals surface area contributed by atoms with Crippen molar-refractivity contribution in [2.75, 3.05) is 0 Å². The Morgan fingerprint density at radius 3 is 2.16 bits per heavy atom. The van der Waals surface area contributed by atoms with E-state index in [0.717, 1.165) is 37.0 Å². The molecule has 1 saturated carbocycles. The van der Waals surface area contributed by atoms with Crippen molar-refractivity contribution in [1.29, 1.82) is 0 Å². The predicted octanol–water partition coefficient (Wildman–Crippen LogP) is 7.82. The average Bonchev–Trinajstić information content (AvgIpc) is 2.77. The largest absolute Gasteiger partial charge is 0.239 e. The van der Waals surface area contributed by atoms with E-state index in [9.17, 15) is 8.78 Å². The molecule has 3 aliphatic rings. The molecule has 2 aliphatic carbocycles. The van der Waals surface area contributed by atoms with Crippen molar-refractivity contribution in [3.05, 3.63) is 53.6 Å². The lowest BCUT2D eigenvalue weighted by molar-refractivity contribution is 0.0257. The topological polar surface area (TPSA) is 0 Å². The van der Waals surface area contributed by atoms with Crippen molar-refractivity contribution in [2.24, 2.45) is 17.8 Å². The SMILES string of the molecule is CCC[SiH]1CCC(C2CCC(C3(F)C=CC(c4c(F)cccc4F)=CC3F)CC2)CC1. The van der Waals surface area contributed by atoms with Gasteiger partial charge in [0.1, 0.15) is 11.6 Å². The van der Waals surface area contributed by atoms with Crippen LogP contribution in [0.2, 0.25) is 18.1 Å². The summed E-state index contributed by atoms with van der Waals surface area (Å²) in [6, 6.07) is 7.93. The lowest BCUT2D eigenvalue weighted by Crippen LogP contribution is -2.43. The van der Waals surface area contributed by atoms with E-state index in [4.69, 9.17) is 0 Å². The first kappa shape index (κ1) is 22.8. The van der Waals surface area contributed by atoms with Gasteiger partial charge in [0.2, 0.25) is 0 Å². The van der Waals surface area contributed by atoms with E-state index in [1.807, 2.05) is 0 Å². The van der Waals surface area contributed by atoms with Crippen LogP contribution >= 0.6 is 0 Å².